The third-order valence-corrected chi connectivity index (χ3v) is 4.26. The molecule has 0 aliphatic heterocycles. The first-order valence-corrected chi connectivity index (χ1v) is 5.96. The predicted octanol–water partition coefficient (Wildman–Crippen LogP) is 3.01. The second-order valence-electron chi connectivity index (χ2n) is 5.77. The van der Waals surface area contributed by atoms with Crippen LogP contribution in [0.25, 0.3) is 0 Å². The van der Waals surface area contributed by atoms with Crippen LogP contribution in [0.5, 0.6) is 0 Å². The average Bonchev–Trinajstić information content (AvgIpc) is 3.08. The SMILES string of the molecule is CC1(C)[C@H](N)[C@H]1c1ccc(C2CC2)cc1. The summed E-state index contributed by atoms with van der Waals surface area (Å²) in [5.41, 5.74) is 9.34. The van der Waals surface area contributed by atoms with Crippen LogP contribution in [0.3, 0.4) is 0 Å². The molecule has 2 fully saturated rings. The standard InChI is InChI=1S/C14H19N/c1-14(2)12(13(14)15)11-7-5-10(6-8-11)9-3-4-9/h5-9,12-13H,3-4,15H2,1-2H3/t12-,13-/m1/s1. The van der Waals surface area contributed by atoms with E-state index < -0.39 is 0 Å². The van der Waals surface area contributed by atoms with E-state index in [1.54, 1.807) is 0 Å². The summed E-state index contributed by atoms with van der Waals surface area (Å²) in [5, 5.41) is 0. The molecule has 2 saturated carbocycles. The normalized spacial score (nSPS) is 32.7. The van der Waals surface area contributed by atoms with Crippen LogP contribution in [-0.4, -0.2) is 6.04 Å². The van der Waals surface area contributed by atoms with Crippen molar-refractivity contribution in [2.75, 3.05) is 0 Å². The number of hydrogen-bond donors (Lipinski definition) is 1. The molecule has 0 amide bonds. The van der Waals surface area contributed by atoms with E-state index in [1.165, 1.54) is 24.0 Å². The van der Waals surface area contributed by atoms with Crippen LogP contribution >= 0.6 is 0 Å². The summed E-state index contributed by atoms with van der Waals surface area (Å²) in [4.78, 5) is 0. The Labute approximate surface area is 91.7 Å². The lowest BCUT2D eigenvalue weighted by Gasteiger charge is -2.04. The highest BCUT2D eigenvalue weighted by Gasteiger charge is 2.55. The first-order valence-electron chi connectivity index (χ1n) is 5.96. The molecule has 0 spiro atoms. The van der Waals surface area contributed by atoms with Crippen LogP contribution in [0.15, 0.2) is 24.3 Å². The minimum atomic E-state index is 0.307. The van der Waals surface area contributed by atoms with Gasteiger partial charge in [-0.3, -0.25) is 0 Å². The summed E-state index contributed by atoms with van der Waals surface area (Å²) in [5.74, 6) is 1.44. The summed E-state index contributed by atoms with van der Waals surface area (Å²) in [7, 11) is 0. The average molecular weight is 201 g/mol. The van der Waals surface area contributed by atoms with Crippen molar-refractivity contribution in [3.63, 3.8) is 0 Å². The molecule has 0 radical (unpaired) electrons. The van der Waals surface area contributed by atoms with E-state index in [4.69, 9.17) is 5.73 Å². The monoisotopic (exact) mass is 201 g/mol. The molecule has 1 aromatic carbocycles. The van der Waals surface area contributed by atoms with Gasteiger partial charge in [0.1, 0.15) is 0 Å². The molecule has 1 heteroatoms. The summed E-state index contributed by atoms with van der Waals surface area (Å²) in [6, 6.07) is 9.52. The van der Waals surface area contributed by atoms with Gasteiger partial charge in [-0.2, -0.15) is 0 Å². The van der Waals surface area contributed by atoms with E-state index in [1.807, 2.05) is 0 Å². The molecule has 2 aliphatic carbocycles. The van der Waals surface area contributed by atoms with Crippen molar-refractivity contribution in [3.05, 3.63) is 35.4 Å². The van der Waals surface area contributed by atoms with Crippen molar-refractivity contribution in [1.82, 2.24) is 0 Å². The zero-order valence-corrected chi connectivity index (χ0v) is 9.53. The molecule has 80 valence electrons. The number of rotatable bonds is 2. The molecule has 1 aromatic rings. The first kappa shape index (κ1) is 9.41. The van der Waals surface area contributed by atoms with E-state index in [0.29, 0.717) is 17.4 Å². The predicted molar refractivity (Wildman–Crippen MR) is 62.9 cm³/mol. The maximum Gasteiger partial charge on any atom is 0.0172 e. The van der Waals surface area contributed by atoms with Gasteiger partial charge in [0.05, 0.1) is 0 Å². The third-order valence-electron chi connectivity index (χ3n) is 4.26. The zero-order chi connectivity index (χ0) is 10.6. The van der Waals surface area contributed by atoms with Crippen LogP contribution in [-0.2, 0) is 0 Å². The van der Waals surface area contributed by atoms with Gasteiger partial charge in [0.2, 0.25) is 0 Å². The topological polar surface area (TPSA) is 26.0 Å². The molecule has 0 unspecified atom stereocenters. The molecule has 2 aliphatic rings. The van der Waals surface area contributed by atoms with Gasteiger partial charge in [-0.15, -0.1) is 0 Å². The van der Waals surface area contributed by atoms with Crippen molar-refractivity contribution >= 4 is 0 Å². The Kier molecular flexibility index (Phi) is 1.79. The van der Waals surface area contributed by atoms with Gasteiger partial charge in [-0.05, 0) is 35.3 Å². The minimum Gasteiger partial charge on any atom is -0.327 e. The quantitative estimate of drug-likeness (QED) is 0.782. The van der Waals surface area contributed by atoms with Crippen LogP contribution < -0.4 is 5.73 Å². The smallest absolute Gasteiger partial charge is 0.0172 e. The van der Waals surface area contributed by atoms with E-state index in [0.717, 1.165) is 5.92 Å². The Hall–Kier alpha value is -0.820. The molecule has 3 rings (SSSR count). The summed E-state index contributed by atoms with van der Waals surface area (Å²) >= 11 is 0. The maximum atomic E-state index is 6.09. The van der Waals surface area contributed by atoms with Gasteiger partial charge in [0, 0.05) is 12.0 Å². The maximum absolute atomic E-state index is 6.09. The van der Waals surface area contributed by atoms with Crippen molar-refractivity contribution in [3.8, 4) is 0 Å². The number of hydrogen-bond acceptors (Lipinski definition) is 1. The Morgan fingerprint density at radius 1 is 1.07 bits per heavy atom. The van der Waals surface area contributed by atoms with E-state index in [2.05, 4.69) is 38.1 Å². The van der Waals surface area contributed by atoms with Crippen molar-refractivity contribution in [2.45, 2.75) is 44.6 Å². The van der Waals surface area contributed by atoms with Gasteiger partial charge < -0.3 is 5.73 Å². The second kappa shape index (κ2) is 2.85. The summed E-state index contributed by atoms with van der Waals surface area (Å²) < 4.78 is 0. The fourth-order valence-electron chi connectivity index (χ4n) is 2.71. The zero-order valence-electron chi connectivity index (χ0n) is 9.53. The molecule has 2 N–H and O–H groups in total. The van der Waals surface area contributed by atoms with E-state index in [-0.39, 0.29) is 0 Å². The lowest BCUT2D eigenvalue weighted by molar-refractivity contribution is 0.599. The molecule has 0 bridgehead atoms. The number of benzene rings is 1. The lowest BCUT2D eigenvalue weighted by atomic mass is 10.0. The van der Waals surface area contributed by atoms with Crippen LogP contribution in [0.1, 0.15) is 49.7 Å². The molecule has 0 heterocycles. The molecule has 0 saturated heterocycles. The Morgan fingerprint density at radius 3 is 1.93 bits per heavy atom. The molecule has 2 atom stereocenters. The Balaban J connectivity index is 1.82. The van der Waals surface area contributed by atoms with Gasteiger partial charge in [-0.1, -0.05) is 38.1 Å². The van der Waals surface area contributed by atoms with E-state index >= 15 is 0 Å². The Bertz CT molecular complexity index is 373. The van der Waals surface area contributed by atoms with Gasteiger partial charge in [0.25, 0.3) is 0 Å². The Morgan fingerprint density at radius 2 is 1.53 bits per heavy atom. The van der Waals surface area contributed by atoms with Gasteiger partial charge >= 0.3 is 0 Å². The highest BCUT2D eigenvalue weighted by molar-refractivity contribution is 5.37. The fraction of sp³-hybridized carbons (Fsp3) is 0.571. The molecule has 1 nitrogen and oxygen atoms in total. The van der Waals surface area contributed by atoms with Crippen molar-refractivity contribution in [1.29, 1.82) is 0 Å². The fourth-order valence-corrected chi connectivity index (χ4v) is 2.71. The summed E-state index contributed by atoms with van der Waals surface area (Å²) in [6.07, 6.45) is 2.77. The molecular formula is C14H19N. The van der Waals surface area contributed by atoms with Crippen LogP contribution in [0.2, 0.25) is 0 Å². The van der Waals surface area contributed by atoms with Crippen molar-refractivity contribution in [2.24, 2.45) is 11.1 Å². The highest BCUT2D eigenvalue weighted by atomic mass is 14.8. The molecule has 15 heavy (non-hydrogen) atoms. The van der Waals surface area contributed by atoms with E-state index in [9.17, 15) is 0 Å². The highest BCUT2D eigenvalue weighted by Crippen LogP contribution is 2.57. The van der Waals surface area contributed by atoms with Crippen LogP contribution in [0.4, 0.5) is 0 Å². The van der Waals surface area contributed by atoms with Gasteiger partial charge in [-0.25, -0.2) is 0 Å². The minimum absolute atomic E-state index is 0.307. The number of nitrogens with two attached hydrogens (primary N) is 1. The largest absolute Gasteiger partial charge is 0.327 e. The summed E-state index contributed by atoms with van der Waals surface area (Å²) in [6.45, 7) is 4.52. The van der Waals surface area contributed by atoms with Crippen LogP contribution in [0, 0.1) is 5.41 Å². The van der Waals surface area contributed by atoms with Crippen molar-refractivity contribution < 1.29 is 0 Å². The lowest BCUT2D eigenvalue weighted by Crippen LogP contribution is -2.06. The second-order valence-corrected chi connectivity index (χ2v) is 5.77. The molecule has 0 aromatic heterocycles. The van der Waals surface area contributed by atoms with Gasteiger partial charge in [0.15, 0.2) is 0 Å². The third kappa shape index (κ3) is 1.41. The molecular weight excluding hydrogens is 182 g/mol. The first-order chi connectivity index (χ1) is 7.10.